The molecule has 3 rings (SSSR count). The molecule has 0 spiro atoms. The predicted molar refractivity (Wildman–Crippen MR) is 134 cm³/mol. The van der Waals surface area contributed by atoms with Crippen LogP contribution in [0.4, 0.5) is 0 Å². The number of aryl methyl sites for hydroxylation is 1. The minimum atomic E-state index is -0.112. The Hall–Kier alpha value is -3.28. The van der Waals surface area contributed by atoms with Gasteiger partial charge in [-0.2, -0.15) is 0 Å². The molecule has 0 fully saturated rings. The van der Waals surface area contributed by atoms with Gasteiger partial charge in [0.2, 0.25) is 5.91 Å². The number of hydrogen-bond acceptors (Lipinski definition) is 3. The SMILES string of the molecule is CCCCN(CC(=O)N(Cc1ccco1)Cc1cccn1C)C(=O)c1ccc(C(C)(C)C)cc1. The second kappa shape index (κ2) is 11.2. The molecule has 0 unspecified atom stereocenters. The van der Waals surface area contributed by atoms with Gasteiger partial charge in [-0.1, -0.05) is 46.2 Å². The van der Waals surface area contributed by atoms with E-state index in [0.29, 0.717) is 31.0 Å². The topological polar surface area (TPSA) is 58.7 Å². The van der Waals surface area contributed by atoms with E-state index in [9.17, 15) is 9.59 Å². The van der Waals surface area contributed by atoms with Crippen LogP contribution in [0.25, 0.3) is 0 Å². The number of carbonyl (C=O) groups is 2. The van der Waals surface area contributed by atoms with Gasteiger partial charge in [0, 0.05) is 31.0 Å². The molecule has 6 heteroatoms. The van der Waals surface area contributed by atoms with Crippen LogP contribution in [0.1, 0.15) is 67.9 Å². The van der Waals surface area contributed by atoms with Gasteiger partial charge in [-0.15, -0.1) is 0 Å². The van der Waals surface area contributed by atoms with Crippen LogP contribution in [-0.2, 0) is 30.3 Å². The van der Waals surface area contributed by atoms with Gasteiger partial charge in [0.15, 0.2) is 0 Å². The first-order valence-electron chi connectivity index (χ1n) is 12.0. The fraction of sp³-hybridized carbons (Fsp3) is 0.429. The first-order valence-corrected chi connectivity index (χ1v) is 12.0. The molecule has 182 valence electrons. The zero-order valence-corrected chi connectivity index (χ0v) is 21.1. The van der Waals surface area contributed by atoms with Crippen molar-refractivity contribution < 1.29 is 14.0 Å². The lowest BCUT2D eigenvalue weighted by atomic mass is 9.86. The van der Waals surface area contributed by atoms with Crippen LogP contribution in [0.2, 0.25) is 0 Å². The lowest BCUT2D eigenvalue weighted by Crippen LogP contribution is -2.43. The molecule has 2 aromatic heterocycles. The molecule has 3 aromatic rings. The number of aromatic nitrogens is 1. The van der Waals surface area contributed by atoms with Crippen LogP contribution >= 0.6 is 0 Å². The standard InChI is InChI=1S/C28H37N3O3/c1-6-7-17-30(27(33)22-12-14-23(15-13-22)28(2,3)4)21-26(32)31(20-25-11-9-18-34-25)19-24-10-8-16-29(24)5/h8-16,18H,6-7,17,19-21H2,1-5H3. The smallest absolute Gasteiger partial charge is 0.254 e. The van der Waals surface area contributed by atoms with Crippen molar-refractivity contribution in [3.8, 4) is 0 Å². The summed E-state index contributed by atoms with van der Waals surface area (Å²) in [6, 6.07) is 15.4. The Balaban J connectivity index is 1.79. The van der Waals surface area contributed by atoms with Crippen LogP contribution in [0, 0.1) is 0 Å². The van der Waals surface area contributed by atoms with Crippen molar-refractivity contribution in [3.63, 3.8) is 0 Å². The first-order chi connectivity index (χ1) is 16.2. The van der Waals surface area contributed by atoms with E-state index in [1.165, 1.54) is 5.56 Å². The minimum absolute atomic E-state index is 0.0166. The number of rotatable bonds is 10. The van der Waals surface area contributed by atoms with Crippen molar-refractivity contribution >= 4 is 11.8 Å². The zero-order valence-electron chi connectivity index (χ0n) is 21.1. The van der Waals surface area contributed by atoms with Gasteiger partial charge in [-0.05, 0) is 53.8 Å². The summed E-state index contributed by atoms with van der Waals surface area (Å²) in [5.74, 6) is 0.499. The van der Waals surface area contributed by atoms with Crippen molar-refractivity contribution in [2.45, 2.75) is 59.0 Å². The summed E-state index contributed by atoms with van der Waals surface area (Å²) in [7, 11) is 1.96. The summed E-state index contributed by atoms with van der Waals surface area (Å²) in [6.45, 7) is 9.91. The third-order valence-electron chi connectivity index (χ3n) is 6.08. The third-order valence-corrected chi connectivity index (χ3v) is 6.08. The lowest BCUT2D eigenvalue weighted by Gasteiger charge is -2.28. The molecule has 1 aromatic carbocycles. The Morgan fingerprint density at radius 3 is 2.26 bits per heavy atom. The average molecular weight is 464 g/mol. The Morgan fingerprint density at radius 2 is 1.71 bits per heavy atom. The number of hydrogen-bond donors (Lipinski definition) is 0. The summed E-state index contributed by atoms with van der Waals surface area (Å²) in [6.07, 6.45) is 5.36. The molecule has 2 heterocycles. The molecule has 0 radical (unpaired) electrons. The second-order valence-corrected chi connectivity index (χ2v) is 9.85. The number of carbonyl (C=O) groups excluding carboxylic acids is 2. The van der Waals surface area contributed by atoms with Crippen molar-refractivity contribution in [3.05, 3.63) is 83.6 Å². The van der Waals surface area contributed by atoms with E-state index in [-0.39, 0.29) is 23.8 Å². The predicted octanol–water partition coefficient (Wildman–Crippen LogP) is 5.39. The molecule has 0 saturated carbocycles. The van der Waals surface area contributed by atoms with E-state index >= 15 is 0 Å². The van der Waals surface area contributed by atoms with Crippen molar-refractivity contribution in [2.75, 3.05) is 13.1 Å². The summed E-state index contributed by atoms with van der Waals surface area (Å²) >= 11 is 0. The average Bonchev–Trinajstić information content (AvgIpc) is 3.47. The summed E-state index contributed by atoms with van der Waals surface area (Å²) in [5.41, 5.74) is 2.82. The van der Waals surface area contributed by atoms with Gasteiger partial charge in [0.05, 0.1) is 19.4 Å². The molecule has 0 aliphatic heterocycles. The van der Waals surface area contributed by atoms with Gasteiger partial charge in [0.25, 0.3) is 5.91 Å². The van der Waals surface area contributed by atoms with Crippen LogP contribution in [0.5, 0.6) is 0 Å². The van der Waals surface area contributed by atoms with Crippen LogP contribution < -0.4 is 0 Å². The number of furan rings is 1. The molecule has 2 amide bonds. The van der Waals surface area contributed by atoms with Crippen molar-refractivity contribution in [2.24, 2.45) is 7.05 Å². The number of nitrogens with zero attached hydrogens (tertiary/aromatic N) is 3. The Morgan fingerprint density at radius 1 is 0.971 bits per heavy atom. The molecule has 0 aliphatic rings. The van der Waals surface area contributed by atoms with Crippen molar-refractivity contribution in [1.29, 1.82) is 0 Å². The number of unbranched alkanes of at least 4 members (excludes halogenated alkanes) is 1. The monoisotopic (exact) mass is 463 g/mol. The fourth-order valence-corrected chi connectivity index (χ4v) is 3.84. The van der Waals surface area contributed by atoms with Gasteiger partial charge in [-0.25, -0.2) is 0 Å². The summed E-state index contributed by atoms with van der Waals surface area (Å²) in [4.78, 5) is 30.3. The maximum absolute atomic E-state index is 13.5. The molecule has 6 nitrogen and oxygen atoms in total. The van der Waals surface area contributed by atoms with Gasteiger partial charge >= 0.3 is 0 Å². The Labute approximate surface area is 203 Å². The maximum Gasteiger partial charge on any atom is 0.254 e. The molecule has 0 N–H and O–H groups in total. The third kappa shape index (κ3) is 6.62. The van der Waals surface area contributed by atoms with Crippen molar-refractivity contribution in [1.82, 2.24) is 14.4 Å². The molecule has 0 atom stereocenters. The quantitative estimate of drug-likeness (QED) is 0.405. The maximum atomic E-state index is 13.5. The largest absolute Gasteiger partial charge is 0.467 e. The highest BCUT2D eigenvalue weighted by molar-refractivity contribution is 5.96. The van der Waals surface area contributed by atoms with E-state index in [0.717, 1.165) is 18.5 Å². The highest BCUT2D eigenvalue weighted by Crippen LogP contribution is 2.23. The minimum Gasteiger partial charge on any atom is -0.467 e. The van der Waals surface area contributed by atoms with Crippen LogP contribution in [-0.4, -0.2) is 39.3 Å². The zero-order chi connectivity index (χ0) is 24.7. The Bertz CT molecular complexity index is 1060. The van der Waals surface area contributed by atoms with Gasteiger partial charge in [-0.3, -0.25) is 9.59 Å². The number of amides is 2. The Kier molecular flexibility index (Phi) is 8.37. The van der Waals surface area contributed by atoms with Crippen LogP contribution in [0.15, 0.2) is 65.4 Å². The normalized spacial score (nSPS) is 11.4. The second-order valence-electron chi connectivity index (χ2n) is 9.85. The van der Waals surface area contributed by atoms with E-state index in [1.54, 1.807) is 16.1 Å². The fourth-order valence-electron chi connectivity index (χ4n) is 3.84. The van der Waals surface area contributed by atoms with E-state index in [1.807, 2.05) is 66.3 Å². The lowest BCUT2D eigenvalue weighted by molar-refractivity contribution is -0.133. The number of benzene rings is 1. The van der Waals surface area contributed by atoms with E-state index in [4.69, 9.17) is 4.42 Å². The van der Waals surface area contributed by atoms with Gasteiger partial charge < -0.3 is 18.8 Å². The summed E-state index contributed by atoms with van der Waals surface area (Å²) in [5, 5.41) is 0. The molecule has 0 saturated heterocycles. The molecule has 34 heavy (non-hydrogen) atoms. The highest BCUT2D eigenvalue weighted by atomic mass is 16.3. The van der Waals surface area contributed by atoms with E-state index < -0.39 is 0 Å². The summed E-state index contributed by atoms with van der Waals surface area (Å²) < 4.78 is 7.51. The molecule has 0 bridgehead atoms. The van der Waals surface area contributed by atoms with Gasteiger partial charge in [0.1, 0.15) is 12.3 Å². The van der Waals surface area contributed by atoms with Crippen LogP contribution in [0.3, 0.4) is 0 Å². The molecular formula is C28H37N3O3. The highest BCUT2D eigenvalue weighted by Gasteiger charge is 2.24. The molecular weight excluding hydrogens is 426 g/mol. The molecule has 0 aliphatic carbocycles. The van der Waals surface area contributed by atoms with E-state index in [2.05, 4.69) is 27.7 Å². The first kappa shape index (κ1) is 25.3.